The van der Waals surface area contributed by atoms with Crippen LogP contribution >= 0.6 is 0 Å². The molecule has 1 saturated heterocycles. The smallest absolute Gasteiger partial charge is 0.314 e. The van der Waals surface area contributed by atoms with Crippen LogP contribution in [0.2, 0.25) is 0 Å². The maximum atomic E-state index is 12.0. The fourth-order valence-corrected chi connectivity index (χ4v) is 2.58. The van der Waals surface area contributed by atoms with Gasteiger partial charge in [0.05, 0.1) is 0 Å². The zero-order valence-electron chi connectivity index (χ0n) is 12.3. The normalized spacial score (nSPS) is 23.2. The Hall–Kier alpha value is -0.290. The van der Waals surface area contributed by atoms with Crippen molar-refractivity contribution < 1.29 is 13.2 Å². The summed E-state index contributed by atoms with van der Waals surface area (Å²) in [6, 6.07) is 0.768. The molecular formula is C14H27F3N2. The molecule has 0 saturated carbocycles. The van der Waals surface area contributed by atoms with Gasteiger partial charge in [-0.05, 0) is 59.0 Å². The van der Waals surface area contributed by atoms with Gasteiger partial charge in [-0.1, -0.05) is 0 Å². The van der Waals surface area contributed by atoms with E-state index in [-0.39, 0.29) is 12.5 Å². The van der Waals surface area contributed by atoms with Crippen LogP contribution in [-0.2, 0) is 0 Å². The third kappa shape index (κ3) is 7.16. The predicted molar refractivity (Wildman–Crippen MR) is 72.2 cm³/mol. The molecule has 114 valence electrons. The van der Waals surface area contributed by atoms with E-state index in [1.165, 1.54) is 6.42 Å². The summed E-state index contributed by atoms with van der Waals surface area (Å²) in [5.74, 6) is 0.646. The minimum atomic E-state index is -4.01. The molecule has 5 heteroatoms. The van der Waals surface area contributed by atoms with Crippen molar-refractivity contribution >= 4 is 0 Å². The van der Waals surface area contributed by atoms with Crippen molar-refractivity contribution in [3.8, 4) is 0 Å². The van der Waals surface area contributed by atoms with E-state index in [4.69, 9.17) is 0 Å². The third-order valence-electron chi connectivity index (χ3n) is 3.90. The highest BCUT2D eigenvalue weighted by Gasteiger charge is 2.27. The minimum Gasteiger partial charge on any atom is -0.314 e. The molecule has 1 N–H and O–H groups in total. The molecule has 0 bridgehead atoms. The highest BCUT2D eigenvalue weighted by molar-refractivity contribution is 4.80. The van der Waals surface area contributed by atoms with Crippen LogP contribution in [0.3, 0.4) is 0 Å². The summed E-state index contributed by atoms with van der Waals surface area (Å²) in [5.41, 5.74) is 0. The zero-order valence-corrected chi connectivity index (χ0v) is 12.3. The minimum absolute atomic E-state index is 0.176. The lowest BCUT2D eigenvalue weighted by Crippen LogP contribution is -2.34. The van der Waals surface area contributed by atoms with Crippen molar-refractivity contribution in [2.45, 2.75) is 64.7 Å². The Balaban J connectivity index is 2.09. The number of likely N-dealkylation sites (tertiary alicyclic amines) is 1. The van der Waals surface area contributed by atoms with E-state index in [9.17, 15) is 13.2 Å². The van der Waals surface area contributed by atoms with Gasteiger partial charge < -0.3 is 10.2 Å². The lowest BCUT2D eigenvalue weighted by molar-refractivity contribution is -0.135. The maximum Gasteiger partial charge on any atom is 0.389 e. The van der Waals surface area contributed by atoms with Crippen molar-refractivity contribution in [2.75, 3.05) is 19.6 Å². The monoisotopic (exact) mass is 280 g/mol. The molecule has 1 aliphatic rings. The number of hydrogen-bond acceptors (Lipinski definition) is 2. The van der Waals surface area contributed by atoms with E-state index in [1.54, 1.807) is 0 Å². The van der Waals surface area contributed by atoms with Crippen LogP contribution in [0.4, 0.5) is 13.2 Å². The van der Waals surface area contributed by atoms with Crippen LogP contribution in [0.5, 0.6) is 0 Å². The summed E-state index contributed by atoms with van der Waals surface area (Å²) in [6.07, 6.45) is -2.66. The highest BCUT2D eigenvalue weighted by atomic mass is 19.4. The van der Waals surface area contributed by atoms with E-state index in [0.717, 1.165) is 19.6 Å². The highest BCUT2D eigenvalue weighted by Crippen LogP contribution is 2.23. The lowest BCUT2D eigenvalue weighted by atomic mass is 10.1. The maximum absolute atomic E-state index is 12.0. The van der Waals surface area contributed by atoms with Gasteiger partial charge in [0.1, 0.15) is 0 Å². The second kappa shape index (κ2) is 7.48. The molecule has 2 nitrogen and oxygen atoms in total. The van der Waals surface area contributed by atoms with E-state index >= 15 is 0 Å². The van der Waals surface area contributed by atoms with E-state index in [2.05, 4.69) is 24.1 Å². The second-order valence-corrected chi connectivity index (χ2v) is 6.06. The molecule has 1 aliphatic heterocycles. The summed E-state index contributed by atoms with van der Waals surface area (Å²) < 4.78 is 36.1. The quantitative estimate of drug-likeness (QED) is 0.768. The molecule has 0 aromatic rings. The predicted octanol–water partition coefficient (Wildman–Crippen LogP) is 3.43. The van der Waals surface area contributed by atoms with Crippen LogP contribution in [-0.4, -0.2) is 42.8 Å². The first-order chi connectivity index (χ1) is 8.78. The molecular weight excluding hydrogens is 253 g/mol. The van der Waals surface area contributed by atoms with Crippen molar-refractivity contribution in [1.82, 2.24) is 10.2 Å². The van der Waals surface area contributed by atoms with Gasteiger partial charge in [0.15, 0.2) is 0 Å². The number of alkyl halides is 3. The van der Waals surface area contributed by atoms with Gasteiger partial charge in [0, 0.05) is 25.0 Å². The number of halogens is 3. The molecule has 0 aliphatic carbocycles. The molecule has 2 atom stereocenters. The van der Waals surface area contributed by atoms with Gasteiger partial charge in [-0.25, -0.2) is 0 Å². The average Bonchev–Trinajstić information content (AvgIpc) is 2.73. The number of nitrogens with one attached hydrogen (secondary N) is 1. The number of nitrogens with zero attached hydrogens (tertiary/aromatic N) is 1. The van der Waals surface area contributed by atoms with Gasteiger partial charge in [-0.3, -0.25) is 0 Å². The Bertz CT molecular complexity index is 254. The van der Waals surface area contributed by atoms with E-state index < -0.39 is 12.6 Å². The number of hydrogen-bond donors (Lipinski definition) is 1. The van der Waals surface area contributed by atoms with Crippen molar-refractivity contribution in [1.29, 1.82) is 0 Å². The second-order valence-electron chi connectivity index (χ2n) is 6.06. The molecule has 0 spiro atoms. The Morgan fingerprint density at radius 1 is 1.26 bits per heavy atom. The summed E-state index contributed by atoms with van der Waals surface area (Å²) in [7, 11) is 0. The standard InChI is InChI=1S/C14H27F3N2/c1-11(2)19-8-6-13(10-19)9-18-12(3)5-4-7-14(15,16)17/h11-13,18H,4-10H2,1-3H3. The van der Waals surface area contributed by atoms with Gasteiger partial charge in [-0.2, -0.15) is 13.2 Å². The molecule has 0 amide bonds. The Kier molecular flexibility index (Phi) is 6.60. The van der Waals surface area contributed by atoms with Gasteiger partial charge >= 0.3 is 6.18 Å². The zero-order chi connectivity index (χ0) is 14.5. The molecule has 1 fully saturated rings. The summed E-state index contributed by atoms with van der Waals surface area (Å²) >= 11 is 0. The van der Waals surface area contributed by atoms with Crippen LogP contribution in [0, 0.1) is 5.92 Å². The molecule has 1 heterocycles. The molecule has 0 aromatic carbocycles. The summed E-state index contributed by atoms with van der Waals surface area (Å²) in [4.78, 5) is 2.46. The van der Waals surface area contributed by atoms with E-state index in [0.29, 0.717) is 18.4 Å². The Labute approximate surface area is 114 Å². The topological polar surface area (TPSA) is 15.3 Å². The van der Waals surface area contributed by atoms with E-state index in [1.807, 2.05) is 6.92 Å². The average molecular weight is 280 g/mol. The summed E-state index contributed by atoms with van der Waals surface area (Å²) in [6.45, 7) is 9.57. The van der Waals surface area contributed by atoms with Crippen molar-refractivity contribution in [3.63, 3.8) is 0 Å². The molecule has 1 rings (SSSR count). The fraction of sp³-hybridized carbons (Fsp3) is 1.00. The third-order valence-corrected chi connectivity index (χ3v) is 3.90. The van der Waals surface area contributed by atoms with Crippen molar-refractivity contribution in [3.05, 3.63) is 0 Å². The first-order valence-electron chi connectivity index (χ1n) is 7.32. The van der Waals surface area contributed by atoms with Gasteiger partial charge in [0.2, 0.25) is 0 Å². The molecule has 19 heavy (non-hydrogen) atoms. The van der Waals surface area contributed by atoms with Crippen molar-refractivity contribution in [2.24, 2.45) is 5.92 Å². The first-order valence-corrected chi connectivity index (χ1v) is 7.32. The van der Waals surface area contributed by atoms with Crippen LogP contribution < -0.4 is 5.32 Å². The lowest BCUT2D eigenvalue weighted by Gasteiger charge is -2.21. The number of rotatable bonds is 7. The van der Waals surface area contributed by atoms with Crippen LogP contribution in [0.25, 0.3) is 0 Å². The SMILES string of the molecule is CC(CCCC(F)(F)F)NCC1CCN(C(C)C)C1. The molecule has 0 radical (unpaired) electrons. The van der Waals surface area contributed by atoms with Gasteiger partial charge in [-0.15, -0.1) is 0 Å². The Morgan fingerprint density at radius 3 is 2.47 bits per heavy atom. The van der Waals surface area contributed by atoms with Crippen LogP contribution in [0.15, 0.2) is 0 Å². The Morgan fingerprint density at radius 2 is 1.95 bits per heavy atom. The molecule has 2 unspecified atom stereocenters. The largest absolute Gasteiger partial charge is 0.389 e. The summed E-state index contributed by atoms with van der Waals surface area (Å²) in [5, 5.41) is 3.38. The van der Waals surface area contributed by atoms with Gasteiger partial charge in [0.25, 0.3) is 0 Å². The fourth-order valence-electron chi connectivity index (χ4n) is 2.58. The van der Waals surface area contributed by atoms with Crippen LogP contribution in [0.1, 0.15) is 46.5 Å². The molecule has 0 aromatic heterocycles. The first kappa shape index (κ1) is 16.8.